The maximum absolute atomic E-state index is 14.4. The molecule has 0 aliphatic heterocycles. The highest BCUT2D eigenvalue weighted by Gasteiger charge is 2.35. The fourth-order valence-corrected chi connectivity index (χ4v) is 5.39. The molecule has 142 valence electrons. The van der Waals surface area contributed by atoms with Gasteiger partial charge in [0.1, 0.15) is 22.8 Å². The Morgan fingerprint density at radius 1 is 1.07 bits per heavy atom. The minimum atomic E-state index is -3.70. The van der Waals surface area contributed by atoms with Crippen LogP contribution in [-0.2, 0) is 9.36 Å². The van der Waals surface area contributed by atoms with Crippen LogP contribution in [0.25, 0.3) is 0 Å². The minimum Gasteiger partial charge on any atom is -0.422 e. The van der Waals surface area contributed by atoms with E-state index in [0.29, 0.717) is 5.69 Å². The second-order valence-corrected chi connectivity index (χ2v) is 8.64. The molecule has 1 aromatic heterocycles. The Hall–Kier alpha value is -3.11. The third-order valence-corrected chi connectivity index (χ3v) is 6.99. The number of aryl methyl sites for hydroxylation is 1. The fourth-order valence-electron chi connectivity index (χ4n) is 2.73. The predicted octanol–water partition coefficient (Wildman–Crippen LogP) is 3.40. The van der Waals surface area contributed by atoms with Crippen LogP contribution in [0.5, 0.6) is 5.75 Å². The summed E-state index contributed by atoms with van der Waals surface area (Å²) in [7, 11) is -3.70. The maximum atomic E-state index is 14.4. The summed E-state index contributed by atoms with van der Waals surface area (Å²) in [4.78, 5) is 16.1. The number of pyridine rings is 1. The highest BCUT2D eigenvalue weighted by molar-refractivity contribution is 7.85. The number of carbonyl (C=O) groups is 1. The molecule has 0 radical (unpaired) electrons. The minimum absolute atomic E-state index is 0.0776. The molecule has 0 bridgehead atoms. The van der Waals surface area contributed by atoms with Crippen molar-refractivity contribution >= 4 is 29.2 Å². The van der Waals surface area contributed by atoms with Crippen molar-refractivity contribution in [3.8, 4) is 5.75 Å². The first-order valence-electron chi connectivity index (χ1n) is 8.29. The summed E-state index contributed by atoms with van der Waals surface area (Å²) in [6.07, 6.45) is 0.919. The summed E-state index contributed by atoms with van der Waals surface area (Å²) < 4.78 is 46.8. The number of hydrogen-bond acceptors (Lipinski definition) is 4. The van der Waals surface area contributed by atoms with Crippen LogP contribution in [-0.4, -0.2) is 11.0 Å². The van der Waals surface area contributed by atoms with Gasteiger partial charge in [0.25, 0.3) is 0 Å². The largest absolute Gasteiger partial charge is 0.422 e. The summed E-state index contributed by atoms with van der Waals surface area (Å²) >= 11 is 0. The summed E-state index contributed by atoms with van der Waals surface area (Å²) in [6, 6.07) is 13.5. The van der Waals surface area contributed by atoms with Gasteiger partial charge in [0.15, 0.2) is 7.14 Å². The number of carbonyl (C=O) groups excluding carboxylic acids is 1. The molecule has 0 amide bonds. The first kappa shape index (κ1) is 19.6. The average molecular weight is 399 g/mol. The Labute approximate surface area is 160 Å². The van der Waals surface area contributed by atoms with Gasteiger partial charge in [-0.15, -0.1) is 0 Å². The van der Waals surface area contributed by atoms with E-state index >= 15 is 0 Å². The Kier molecular flexibility index (Phi) is 5.52. The van der Waals surface area contributed by atoms with E-state index in [2.05, 4.69) is 11.6 Å². The van der Waals surface area contributed by atoms with Crippen molar-refractivity contribution in [3.63, 3.8) is 0 Å². The number of halogens is 2. The number of rotatable bonds is 5. The smallest absolute Gasteiger partial charge is 0.335 e. The quantitative estimate of drug-likeness (QED) is 0.286. The van der Waals surface area contributed by atoms with Crippen molar-refractivity contribution in [1.82, 2.24) is 4.98 Å². The van der Waals surface area contributed by atoms with Crippen LogP contribution in [0.15, 0.2) is 73.3 Å². The summed E-state index contributed by atoms with van der Waals surface area (Å²) in [5.41, 5.74) is 0.827. The third kappa shape index (κ3) is 3.78. The maximum Gasteiger partial charge on any atom is 0.335 e. The molecule has 1 heterocycles. The molecule has 0 spiro atoms. The van der Waals surface area contributed by atoms with Crippen LogP contribution in [0.4, 0.5) is 8.78 Å². The Morgan fingerprint density at radius 2 is 1.75 bits per heavy atom. The zero-order valence-electron chi connectivity index (χ0n) is 14.9. The van der Waals surface area contributed by atoms with E-state index in [9.17, 15) is 18.1 Å². The molecule has 0 aliphatic carbocycles. The van der Waals surface area contributed by atoms with Crippen LogP contribution in [0.2, 0.25) is 0 Å². The van der Waals surface area contributed by atoms with Crippen molar-refractivity contribution in [3.05, 3.63) is 90.6 Å². The molecule has 0 fully saturated rings. The van der Waals surface area contributed by atoms with Crippen LogP contribution >= 0.6 is 7.14 Å². The predicted molar refractivity (Wildman–Crippen MR) is 104 cm³/mol. The van der Waals surface area contributed by atoms with Crippen LogP contribution in [0, 0.1) is 18.6 Å². The summed E-state index contributed by atoms with van der Waals surface area (Å²) in [5.74, 6) is -2.20. The van der Waals surface area contributed by atoms with Gasteiger partial charge in [-0.05, 0) is 55.5 Å². The Morgan fingerprint density at radius 3 is 2.39 bits per heavy atom. The number of nitrogens with zero attached hydrogens (tertiary/aromatic N) is 1. The standard InChI is InChI=1S/C21H16F2NO3P/c1-3-21(25)27-18-13-16(23)9-12-19(18)28(26,17-10-7-15(22)8-11-17)20-6-4-5-14(2)24-20/h3-13H,1H2,2H3. The molecule has 0 saturated carbocycles. The van der Waals surface area contributed by atoms with Gasteiger partial charge in [-0.3, -0.25) is 0 Å². The van der Waals surface area contributed by atoms with Crippen molar-refractivity contribution < 1.29 is 22.9 Å². The summed E-state index contributed by atoms with van der Waals surface area (Å²) in [6.45, 7) is 5.06. The molecular formula is C21H16F2NO3P. The SMILES string of the molecule is C=CC(=O)Oc1cc(F)ccc1P(=O)(c1ccc(F)cc1)c1cccc(C)n1. The molecule has 1 atom stereocenters. The van der Waals surface area contributed by atoms with E-state index in [-0.39, 0.29) is 21.8 Å². The average Bonchev–Trinajstić information content (AvgIpc) is 2.68. The number of benzene rings is 2. The third-order valence-electron chi connectivity index (χ3n) is 4.02. The van der Waals surface area contributed by atoms with Crippen LogP contribution in [0.3, 0.4) is 0 Å². The van der Waals surface area contributed by atoms with E-state index in [0.717, 1.165) is 18.2 Å². The highest BCUT2D eigenvalue weighted by Crippen LogP contribution is 2.44. The van der Waals surface area contributed by atoms with Crippen molar-refractivity contribution in [2.75, 3.05) is 0 Å². The number of aromatic nitrogens is 1. The van der Waals surface area contributed by atoms with Gasteiger partial charge in [0.05, 0.1) is 5.30 Å². The molecule has 0 saturated heterocycles. The molecule has 3 rings (SSSR count). The number of ether oxygens (including phenoxy) is 1. The molecule has 28 heavy (non-hydrogen) atoms. The van der Waals surface area contributed by atoms with Crippen LogP contribution in [0.1, 0.15) is 5.69 Å². The van der Waals surface area contributed by atoms with Crippen molar-refractivity contribution in [2.24, 2.45) is 0 Å². The topological polar surface area (TPSA) is 56.3 Å². The zero-order chi connectivity index (χ0) is 20.3. The lowest BCUT2D eigenvalue weighted by molar-refractivity contribution is -0.128. The molecule has 2 aromatic carbocycles. The molecule has 3 aromatic rings. The normalized spacial score (nSPS) is 12.8. The van der Waals surface area contributed by atoms with Crippen LogP contribution < -0.4 is 20.8 Å². The van der Waals surface area contributed by atoms with E-state index in [4.69, 9.17) is 4.74 Å². The van der Waals surface area contributed by atoms with Gasteiger partial charge in [-0.1, -0.05) is 12.6 Å². The number of esters is 1. The Balaban J connectivity index is 2.32. The zero-order valence-corrected chi connectivity index (χ0v) is 15.8. The Bertz CT molecular complexity index is 1100. The van der Waals surface area contributed by atoms with Gasteiger partial charge >= 0.3 is 5.97 Å². The first-order chi connectivity index (χ1) is 13.3. The molecule has 0 aliphatic rings. The van der Waals surface area contributed by atoms with Crippen molar-refractivity contribution in [1.29, 1.82) is 0 Å². The molecule has 7 heteroatoms. The lowest BCUT2D eigenvalue weighted by Gasteiger charge is -2.21. The first-order valence-corrected chi connectivity index (χ1v) is 10.00. The molecular weight excluding hydrogens is 383 g/mol. The molecule has 0 N–H and O–H groups in total. The fraction of sp³-hybridized carbons (Fsp3) is 0.0476. The second kappa shape index (κ2) is 7.87. The lowest BCUT2D eigenvalue weighted by Crippen LogP contribution is -2.29. The van der Waals surface area contributed by atoms with E-state index in [1.807, 2.05) is 0 Å². The molecule has 4 nitrogen and oxygen atoms in total. The highest BCUT2D eigenvalue weighted by atomic mass is 31.2. The van der Waals surface area contributed by atoms with E-state index in [1.54, 1.807) is 25.1 Å². The van der Waals surface area contributed by atoms with Gasteiger partial charge in [0.2, 0.25) is 0 Å². The monoisotopic (exact) mass is 399 g/mol. The van der Waals surface area contributed by atoms with Gasteiger partial charge in [-0.25, -0.2) is 18.6 Å². The lowest BCUT2D eigenvalue weighted by atomic mass is 10.3. The van der Waals surface area contributed by atoms with Gasteiger partial charge in [0, 0.05) is 23.1 Å². The second-order valence-electron chi connectivity index (χ2n) is 5.96. The van der Waals surface area contributed by atoms with E-state index < -0.39 is 24.7 Å². The van der Waals surface area contributed by atoms with Gasteiger partial charge < -0.3 is 9.30 Å². The number of hydrogen-bond donors (Lipinski definition) is 0. The van der Waals surface area contributed by atoms with Crippen molar-refractivity contribution in [2.45, 2.75) is 6.92 Å². The van der Waals surface area contributed by atoms with Gasteiger partial charge in [-0.2, -0.15) is 0 Å². The molecule has 1 unspecified atom stereocenters. The van der Waals surface area contributed by atoms with E-state index in [1.165, 1.54) is 30.3 Å². The summed E-state index contributed by atoms with van der Waals surface area (Å²) in [5, 5.41) is 0.350.